The second-order valence-corrected chi connectivity index (χ2v) is 9.95. The van der Waals surface area contributed by atoms with Crippen molar-refractivity contribution >= 4 is 17.6 Å². The number of benzene rings is 2. The van der Waals surface area contributed by atoms with Crippen molar-refractivity contribution in [1.82, 2.24) is 15.5 Å². The number of nitrogens with one attached hydrogen (secondary N) is 3. The minimum absolute atomic E-state index is 0.106. The topological polar surface area (TPSA) is 159 Å². The van der Waals surface area contributed by atoms with Crippen molar-refractivity contribution in [2.45, 2.75) is 44.2 Å². The quantitative estimate of drug-likeness (QED) is 0.231. The maximum absolute atomic E-state index is 12.0. The summed E-state index contributed by atoms with van der Waals surface area (Å²) < 4.78 is 0. The summed E-state index contributed by atoms with van der Waals surface area (Å²) in [4.78, 5) is 26.3. The lowest BCUT2D eigenvalue weighted by atomic mass is 9.84. The van der Waals surface area contributed by atoms with Crippen LogP contribution in [0.25, 0.3) is 11.1 Å². The van der Waals surface area contributed by atoms with E-state index in [9.17, 15) is 20.1 Å². The minimum atomic E-state index is -0.824. The fraction of sp³-hybridized carbons (Fsp3) is 0.345. The molecule has 4 rings (SSSR count). The van der Waals surface area contributed by atoms with Gasteiger partial charge in [0, 0.05) is 31.8 Å². The average molecular weight is 510 g/mol. The van der Waals surface area contributed by atoms with E-state index in [1.165, 1.54) is 6.20 Å². The molecule has 0 aromatic heterocycles. The SMILES string of the molecule is N#CCC1(N/C=C(\C(=N)NC(=O)C2CC2)C(N)=O)CCN(Cc2ccc(-c3ccccc3)c(C#N)c2)CC1. The molecular formula is C29H31N7O2. The van der Waals surface area contributed by atoms with Crippen molar-refractivity contribution in [3.63, 3.8) is 0 Å². The molecule has 0 bridgehead atoms. The molecule has 2 aromatic carbocycles. The van der Waals surface area contributed by atoms with E-state index in [0.29, 0.717) is 38.0 Å². The van der Waals surface area contributed by atoms with Gasteiger partial charge >= 0.3 is 0 Å². The highest BCUT2D eigenvalue weighted by atomic mass is 16.2. The molecule has 1 aliphatic carbocycles. The van der Waals surface area contributed by atoms with Crippen molar-refractivity contribution in [3.8, 4) is 23.3 Å². The first-order chi connectivity index (χ1) is 18.3. The van der Waals surface area contributed by atoms with E-state index in [4.69, 9.17) is 11.1 Å². The lowest BCUT2D eigenvalue weighted by molar-refractivity contribution is -0.120. The number of primary amides is 1. The standard InChI is InChI=1S/C29H31N7O2/c30-13-10-29(34-18-25(27(33)37)26(32)35-28(38)22-7-8-22)11-14-36(15-12-29)19-20-6-9-24(23(16-20)17-31)21-4-2-1-3-5-21/h1-6,9,16,18,22,34H,7-8,10-12,14-15,19H2,(H2,33,37)(H2,32,35,38)/b25-18+. The number of rotatable bonds is 9. The van der Waals surface area contributed by atoms with E-state index in [-0.39, 0.29) is 29.7 Å². The lowest BCUT2D eigenvalue weighted by Gasteiger charge is -2.41. The first-order valence-corrected chi connectivity index (χ1v) is 12.7. The number of likely N-dealkylation sites (tertiary alicyclic amines) is 1. The van der Waals surface area contributed by atoms with E-state index in [1.54, 1.807) is 0 Å². The molecule has 2 aromatic rings. The van der Waals surface area contributed by atoms with Gasteiger partial charge in [-0.05, 0) is 48.4 Å². The molecule has 0 radical (unpaired) electrons. The maximum atomic E-state index is 12.0. The fourth-order valence-corrected chi connectivity index (χ4v) is 4.70. The highest BCUT2D eigenvalue weighted by molar-refractivity contribution is 6.22. The molecule has 9 heteroatoms. The van der Waals surface area contributed by atoms with Crippen LogP contribution in [0.3, 0.4) is 0 Å². The minimum Gasteiger partial charge on any atom is -0.384 e. The number of nitrogens with two attached hydrogens (primary N) is 1. The van der Waals surface area contributed by atoms with Gasteiger partial charge in [0.05, 0.1) is 35.2 Å². The van der Waals surface area contributed by atoms with E-state index >= 15 is 0 Å². The third-order valence-corrected chi connectivity index (χ3v) is 7.18. The number of nitriles is 2. The Morgan fingerprint density at radius 3 is 2.45 bits per heavy atom. The van der Waals surface area contributed by atoms with Gasteiger partial charge < -0.3 is 16.4 Å². The van der Waals surface area contributed by atoms with Gasteiger partial charge in [-0.3, -0.25) is 19.9 Å². The zero-order valence-corrected chi connectivity index (χ0v) is 21.2. The third-order valence-electron chi connectivity index (χ3n) is 7.18. The molecule has 1 aliphatic heterocycles. The first kappa shape index (κ1) is 26.6. The van der Waals surface area contributed by atoms with Crippen LogP contribution < -0.4 is 16.4 Å². The molecule has 0 unspecified atom stereocenters. The van der Waals surface area contributed by atoms with Crippen LogP contribution in [-0.4, -0.2) is 41.2 Å². The van der Waals surface area contributed by atoms with E-state index < -0.39 is 11.4 Å². The van der Waals surface area contributed by atoms with Gasteiger partial charge in [0.15, 0.2) is 0 Å². The van der Waals surface area contributed by atoms with Crippen molar-refractivity contribution in [2.24, 2.45) is 11.7 Å². The Labute approximate surface area is 222 Å². The number of carbonyl (C=O) groups excluding carboxylic acids is 2. The molecule has 0 atom stereocenters. The van der Waals surface area contributed by atoms with Crippen molar-refractivity contribution in [1.29, 1.82) is 15.9 Å². The summed E-state index contributed by atoms with van der Waals surface area (Å²) in [6, 6.07) is 20.3. The Hall–Kier alpha value is -4.47. The molecule has 2 aliphatic rings. The highest BCUT2D eigenvalue weighted by Gasteiger charge is 2.35. The summed E-state index contributed by atoms with van der Waals surface area (Å²) in [6.45, 7) is 2.08. The Morgan fingerprint density at radius 1 is 1.13 bits per heavy atom. The Morgan fingerprint density at radius 2 is 1.84 bits per heavy atom. The second-order valence-electron chi connectivity index (χ2n) is 9.95. The number of piperidine rings is 1. The molecule has 5 N–H and O–H groups in total. The van der Waals surface area contributed by atoms with Crippen LogP contribution in [0.15, 0.2) is 60.3 Å². The zero-order chi connectivity index (χ0) is 27.1. The maximum Gasteiger partial charge on any atom is 0.253 e. The Bertz CT molecular complexity index is 1320. The number of hydrogen-bond donors (Lipinski definition) is 4. The van der Waals surface area contributed by atoms with Gasteiger partial charge in [-0.2, -0.15) is 10.5 Å². The van der Waals surface area contributed by atoms with E-state index in [2.05, 4.69) is 27.7 Å². The predicted octanol–water partition coefficient (Wildman–Crippen LogP) is 2.94. The average Bonchev–Trinajstić information content (AvgIpc) is 3.76. The third kappa shape index (κ3) is 6.44. The molecule has 0 spiro atoms. The van der Waals surface area contributed by atoms with Gasteiger partial charge in [0.1, 0.15) is 5.84 Å². The van der Waals surface area contributed by atoms with Crippen LogP contribution in [0.2, 0.25) is 0 Å². The van der Waals surface area contributed by atoms with E-state index in [0.717, 1.165) is 29.5 Å². The van der Waals surface area contributed by atoms with Crippen molar-refractivity contribution in [2.75, 3.05) is 13.1 Å². The van der Waals surface area contributed by atoms with Gasteiger partial charge in [0.25, 0.3) is 5.91 Å². The number of amidine groups is 1. The number of amides is 2. The summed E-state index contributed by atoms with van der Waals surface area (Å²) in [5, 5.41) is 33.0. The molecule has 1 saturated carbocycles. The van der Waals surface area contributed by atoms with Crippen LogP contribution >= 0.6 is 0 Å². The van der Waals surface area contributed by atoms with Crippen molar-refractivity contribution in [3.05, 3.63) is 71.4 Å². The second kappa shape index (κ2) is 11.7. The van der Waals surface area contributed by atoms with Crippen LogP contribution in [0.5, 0.6) is 0 Å². The molecule has 38 heavy (non-hydrogen) atoms. The number of hydrogen-bond acceptors (Lipinski definition) is 7. The number of nitrogens with zero attached hydrogens (tertiary/aromatic N) is 3. The highest BCUT2D eigenvalue weighted by Crippen LogP contribution is 2.30. The normalized spacial score (nSPS) is 17.1. The Kier molecular flexibility index (Phi) is 8.20. The summed E-state index contributed by atoms with van der Waals surface area (Å²) in [5.41, 5.74) is 8.36. The largest absolute Gasteiger partial charge is 0.384 e. The Balaban J connectivity index is 1.40. The van der Waals surface area contributed by atoms with E-state index in [1.807, 2.05) is 48.5 Å². The van der Waals surface area contributed by atoms with Crippen molar-refractivity contribution < 1.29 is 9.59 Å². The molecule has 1 heterocycles. The van der Waals surface area contributed by atoms with Crippen LogP contribution in [0.1, 0.15) is 43.2 Å². The summed E-state index contributed by atoms with van der Waals surface area (Å²) in [7, 11) is 0. The molecule has 2 amide bonds. The van der Waals surface area contributed by atoms with Gasteiger partial charge in [-0.15, -0.1) is 0 Å². The molecular weight excluding hydrogens is 478 g/mol. The van der Waals surface area contributed by atoms with Crippen LogP contribution in [0, 0.1) is 34.0 Å². The summed E-state index contributed by atoms with van der Waals surface area (Å²) >= 11 is 0. The lowest BCUT2D eigenvalue weighted by Crippen LogP contribution is -2.51. The molecule has 1 saturated heterocycles. The summed E-state index contributed by atoms with van der Waals surface area (Å²) in [5.74, 6) is -1.54. The van der Waals surface area contributed by atoms with Gasteiger partial charge in [0.2, 0.25) is 5.91 Å². The van der Waals surface area contributed by atoms with Gasteiger partial charge in [-0.1, -0.05) is 42.5 Å². The molecule has 9 nitrogen and oxygen atoms in total. The number of carbonyl (C=O) groups is 2. The zero-order valence-electron chi connectivity index (χ0n) is 21.2. The fourth-order valence-electron chi connectivity index (χ4n) is 4.70. The van der Waals surface area contributed by atoms with Crippen LogP contribution in [0.4, 0.5) is 0 Å². The molecule has 194 valence electrons. The van der Waals surface area contributed by atoms with Crippen LogP contribution in [-0.2, 0) is 16.1 Å². The smallest absolute Gasteiger partial charge is 0.253 e. The first-order valence-electron chi connectivity index (χ1n) is 12.7. The summed E-state index contributed by atoms with van der Waals surface area (Å²) in [6.07, 6.45) is 4.42. The monoisotopic (exact) mass is 509 g/mol. The molecule has 2 fully saturated rings. The predicted molar refractivity (Wildman–Crippen MR) is 143 cm³/mol. The van der Waals surface area contributed by atoms with Gasteiger partial charge in [-0.25, -0.2) is 0 Å².